The maximum atomic E-state index is 9.84. The number of methoxy groups -OCH3 is 1. The van der Waals surface area contributed by atoms with Gasteiger partial charge in [0.1, 0.15) is 6.61 Å². The topological polar surface area (TPSA) is 83.8 Å². The first-order valence-electron chi connectivity index (χ1n) is 2.61. The summed E-state index contributed by atoms with van der Waals surface area (Å²) >= 11 is 0. The molecule has 0 atom stereocenters. The number of ether oxygens (including phenoxy) is 1. The predicted molar refractivity (Wildman–Crippen MR) is 36.9 cm³/mol. The van der Waals surface area contributed by atoms with Gasteiger partial charge in [-0.25, -0.2) is 9.59 Å². The van der Waals surface area contributed by atoms with E-state index in [9.17, 15) is 4.79 Å². The molecular weight excluding hydrogens is 152 g/mol. The second kappa shape index (κ2) is 8.64. The van der Waals surface area contributed by atoms with Gasteiger partial charge in [-0.3, -0.25) is 0 Å². The lowest BCUT2D eigenvalue weighted by Gasteiger charge is -1.83. The fourth-order valence-corrected chi connectivity index (χ4v) is 0.0833. The average molecular weight is 162 g/mol. The van der Waals surface area contributed by atoms with Crippen LogP contribution in [0.5, 0.6) is 0 Å². The lowest BCUT2D eigenvalue weighted by molar-refractivity contribution is -0.140. The van der Waals surface area contributed by atoms with E-state index in [4.69, 9.17) is 15.0 Å². The number of carbonyl (C=O) groups is 2. The Hall–Kier alpha value is -1.36. The van der Waals surface area contributed by atoms with Gasteiger partial charge in [-0.05, 0) is 0 Å². The van der Waals surface area contributed by atoms with Gasteiger partial charge in [0.2, 0.25) is 0 Å². The first-order valence-corrected chi connectivity index (χ1v) is 2.61. The molecule has 0 fully saturated rings. The van der Waals surface area contributed by atoms with Crippen LogP contribution in [0.25, 0.3) is 0 Å². The molecule has 0 bridgehead atoms. The van der Waals surface area contributed by atoms with Crippen LogP contribution < -0.4 is 0 Å². The van der Waals surface area contributed by atoms with Gasteiger partial charge in [0.05, 0.1) is 7.11 Å². The predicted octanol–water partition coefficient (Wildman–Crippen LogP) is -0.591. The number of aliphatic carboxylic acids is 1. The van der Waals surface area contributed by atoms with Gasteiger partial charge < -0.3 is 14.9 Å². The minimum absolute atomic E-state index is 0.394. The van der Waals surface area contributed by atoms with E-state index in [0.717, 1.165) is 6.08 Å². The molecule has 0 amide bonds. The Morgan fingerprint density at radius 1 is 1.64 bits per heavy atom. The summed E-state index contributed by atoms with van der Waals surface area (Å²) < 4.78 is 4.14. The van der Waals surface area contributed by atoms with Crippen molar-refractivity contribution in [2.45, 2.75) is 0 Å². The second-order valence-electron chi connectivity index (χ2n) is 1.28. The SMILES string of the molecule is C=CC(=O)OC.O=C(O)CO. The maximum absolute atomic E-state index is 9.84. The Balaban J connectivity index is 0. The van der Waals surface area contributed by atoms with Crippen LogP contribution in [0.3, 0.4) is 0 Å². The van der Waals surface area contributed by atoms with Crippen LogP contribution in [0.15, 0.2) is 12.7 Å². The standard InChI is InChI=1S/C4H6O2.C2H4O3/c1-3-4(5)6-2;3-1-2(4)5/h3H,1H2,2H3;3H,1H2,(H,4,5). The summed E-state index contributed by atoms with van der Waals surface area (Å²) in [5.74, 6) is -1.58. The van der Waals surface area contributed by atoms with Crippen LogP contribution in [-0.4, -0.2) is 35.9 Å². The molecule has 11 heavy (non-hydrogen) atoms. The highest BCUT2D eigenvalue weighted by Crippen LogP contribution is 1.67. The molecule has 64 valence electrons. The zero-order valence-electron chi connectivity index (χ0n) is 6.11. The Morgan fingerprint density at radius 3 is 2.00 bits per heavy atom. The largest absolute Gasteiger partial charge is 0.480 e. The Kier molecular flexibility index (Phi) is 9.68. The molecular formula is C6H10O5. The zero-order chi connectivity index (χ0) is 9.28. The number of esters is 1. The maximum Gasteiger partial charge on any atom is 0.329 e. The van der Waals surface area contributed by atoms with Crippen molar-refractivity contribution in [1.82, 2.24) is 0 Å². The molecule has 0 aliphatic heterocycles. The summed E-state index contributed by atoms with van der Waals surface area (Å²) in [6, 6.07) is 0. The molecule has 0 radical (unpaired) electrons. The van der Waals surface area contributed by atoms with E-state index in [1.807, 2.05) is 0 Å². The molecule has 0 heterocycles. The fraction of sp³-hybridized carbons (Fsp3) is 0.333. The summed E-state index contributed by atoms with van der Waals surface area (Å²) in [5, 5.41) is 15.0. The highest BCUT2D eigenvalue weighted by Gasteiger charge is 1.82. The Bertz CT molecular complexity index is 140. The fourth-order valence-electron chi connectivity index (χ4n) is 0.0833. The van der Waals surface area contributed by atoms with Crippen molar-refractivity contribution < 1.29 is 24.5 Å². The third-order valence-corrected chi connectivity index (χ3v) is 0.503. The molecule has 0 unspecified atom stereocenters. The van der Waals surface area contributed by atoms with Gasteiger partial charge in [-0.2, -0.15) is 0 Å². The summed E-state index contributed by atoms with van der Waals surface area (Å²) in [5.41, 5.74) is 0. The van der Waals surface area contributed by atoms with Gasteiger partial charge in [0, 0.05) is 6.08 Å². The van der Waals surface area contributed by atoms with E-state index in [2.05, 4.69) is 11.3 Å². The van der Waals surface area contributed by atoms with Gasteiger partial charge in [0.25, 0.3) is 0 Å². The lowest BCUT2D eigenvalue weighted by Crippen LogP contribution is -1.98. The van der Waals surface area contributed by atoms with Crippen molar-refractivity contribution in [1.29, 1.82) is 0 Å². The smallest absolute Gasteiger partial charge is 0.329 e. The van der Waals surface area contributed by atoms with Crippen LogP contribution >= 0.6 is 0 Å². The first kappa shape index (κ1) is 12.3. The molecule has 2 N–H and O–H groups in total. The van der Waals surface area contributed by atoms with Crippen molar-refractivity contribution in [3.05, 3.63) is 12.7 Å². The monoisotopic (exact) mass is 162 g/mol. The first-order chi connectivity index (χ1) is 5.08. The number of carboxylic acid groups (broad SMARTS) is 1. The number of aliphatic hydroxyl groups excluding tert-OH is 1. The zero-order valence-corrected chi connectivity index (χ0v) is 6.11. The van der Waals surface area contributed by atoms with Crippen molar-refractivity contribution in [3.8, 4) is 0 Å². The molecule has 0 aromatic carbocycles. The van der Waals surface area contributed by atoms with Crippen LogP contribution in [0.1, 0.15) is 0 Å². The van der Waals surface area contributed by atoms with Crippen LogP contribution in [0.2, 0.25) is 0 Å². The molecule has 0 aromatic heterocycles. The van der Waals surface area contributed by atoms with E-state index in [-0.39, 0.29) is 0 Å². The molecule has 0 aliphatic carbocycles. The highest BCUT2D eigenvalue weighted by molar-refractivity contribution is 5.80. The van der Waals surface area contributed by atoms with Crippen molar-refractivity contribution in [3.63, 3.8) is 0 Å². The quantitative estimate of drug-likeness (QED) is 0.418. The highest BCUT2D eigenvalue weighted by atomic mass is 16.5. The van der Waals surface area contributed by atoms with Gasteiger partial charge in [0.15, 0.2) is 0 Å². The van der Waals surface area contributed by atoms with E-state index >= 15 is 0 Å². The minimum atomic E-state index is -1.19. The van der Waals surface area contributed by atoms with Gasteiger partial charge >= 0.3 is 11.9 Å². The van der Waals surface area contributed by atoms with Gasteiger partial charge in [-0.15, -0.1) is 0 Å². The Morgan fingerprint density at radius 2 is 2.00 bits per heavy atom. The van der Waals surface area contributed by atoms with Crippen molar-refractivity contribution in [2.75, 3.05) is 13.7 Å². The molecule has 0 saturated carbocycles. The van der Waals surface area contributed by atoms with Crippen LogP contribution in [0, 0.1) is 0 Å². The van der Waals surface area contributed by atoms with Gasteiger partial charge in [-0.1, -0.05) is 6.58 Å². The Labute approximate surface area is 63.9 Å². The van der Waals surface area contributed by atoms with Crippen LogP contribution in [-0.2, 0) is 14.3 Å². The number of carbonyl (C=O) groups excluding carboxylic acids is 1. The normalized spacial score (nSPS) is 7.09. The molecule has 0 aliphatic rings. The molecule has 0 rings (SSSR count). The third-order valence-electron chi connectivity index (χ3n) is 0.503. The average Bonchev–Trinajstić information content (AvgIpc) is 2.04. The van der Waals surface area contributed by atoms with E-state index in [0.29, 0.717) is 0 Å². The summed E-state index contributed by atoms with van der Waals surface area (Å²) in [6.45, 7) is 2.38. The number of rotatable bonds is 2. The summed E-state index contributed by atoms with van der Waals surface area (Å²) in [4.78, 5) is 19.0. The molecule has 0 saturated heterocycles. The van der Waals surface area contributed by atoms with Crippen molar-refractivity contribution in [2.24, 2.45) is 0 Å². The second-order valence-corrected chi connectivity index (χ2v) is 1.28. The number of aliphatic hydroxyl groups is 1. The number of hydrogen-bond donors (Lipinski definition) is 2. The summed E-state index contributed by atoms with van der Waals surface area (Å²) in [6.07, 6.45) is 1.11. The van der Waals surface area contributed by atoms with Crippen LogP contribution in [0.4, 0.5) is 0 Å². The lowest BCUT2D eigenvalue weighted by atomic mass is 10.7. The van der Waals surface area contributed by atoms with Crippen molar-refractivity contribution >= 4 is 11.9 Å². The molecule has 5 nitrogen and oxygen atoms in total. The third kappa shape index (κ3) is 17.7. The summed E-state index contributed by atoms with van der Waals surface area (Å²) in [7, 11) is 1.31. The van der Waals surface area contributed by atoms with E-state index in [1.165, 1.54) is 7.11 Å². The number of carboxylic acids is 1. The van der Waals surface area contributed by atoms with E-state index in [1.54, 1.807) is 0 Å². The van der Waals surface area contributed by atoms with E-state index < -0.39 is 18.5 Å². The molecule has 0 spiro atoms. The molecule has 5 heteroatoms. The minimum Gasteiger partial charge on any atom is -0.480 e. The molecule has 0 aromatic rings. The number of hydrogen-bond acceptors (Lipinski definition) is 4.